The van der Waals surface area contributed by atoms with Crippen LogP contribution >= 0.6 is 12.4 Å². The van der Waals surface area contributed by atoms with Gasteiger partial charge in [0.15, 0.2) is 11.5 Å². The van der Waals surface area contributed by atoms with Gasteiger partial charge in [-0.2, -0.15) is 0 Å². The molecule has 2 rings (SSSR count). The second-order valence-corrected chi connectivity index (χ2v) is 3.23. The topological polar surface area (TPSA) is 67.8 Å². The number of carbonyl (C=O) groups excluding carboxylic acids is 1. The van der Waals surface area contributed by atoms with Crippen LogP contribution < -0.4 is 10.1 Å². The van der Waals surface area contributed by atoms with E-state index in [9.17, 15) is 9.90 Å². The molecule has 1 heterocycles. The Labute approximate surface area is 98.8 Å². The molecule has 1 aromatic carbocycles. The number of methoxy groups -OCH3 is 1. The Balaban J connectivity index is 0.00000128. The fourth-order valence-corrected chi connectivity index (χ4v) is 1.48. The molecule has 0 saturated carbocycles. The van der Waals surface area contributed by atoms with Crippen molar-refractivity contribution in [3.63, 3.8) is 0 Å². The van der Waals surface area contributed by atoms with Gasteiger partial charge in [0.05, 0.1) is 13.2 Å². The molecule has 1 fully saturated rings. The molecule has 0 radical (unpaired) electrons. The Morgan fingerprint density at radius 2 is 2.31 bits per heavy atom. The maximum atomic E-state index is 10.8. The van der Waals surface area contributed by atoms with Gasteiger partial charge in [-0.05, 0) is 17.7 Å². The molecule has 0 unspecified atom stereocenters. The number of amides is 1. The number of carbonyl (C=O) groups is 1. The Bertz CT molecular complexity index is 396. The van der Waals surface area contributed by atoms with E-state index in [1.165, 1.54) is 13.2 Å². The van der Waals surface area contributed by atoms with Gasteiger partial charge in [-0.1, -0.05) is 6.07 Å². The second-order valence-electron chi connectivity index (χ2n) is 3.23. The third-order valence-electron chi connectivity index (χ3n) is 2.28. The van der Waals surface area contributed by atoms with Crippen LogP contribution in [0.4, 0.5) is 4.79 Å². The van der Waals surface area contributed by atoms with Gasteiger partial charge in [0.1, 0.15) is 6.61 Å². The summed E-state index contributed by atoms with van der Waals surface area (Å²) in [5, 5.41) is 12.0. The van der Waals surface area contributed by atoms with Crippen molar-refractivity contribution in [1.82, 2.24) is 5.32 Å². The molecule has 2 N–H and O–H groups in total. The summed E-state index contributed by atoms with van der Waals surface area (Å²) >= 11 is 0. The number of ether oxygens (including phenoxy) is 2. The number of hydrogen-bond donors (Lipinski definition) is 2. The monoisotopic (exact) mass is 245 g/mol. The third kappa shape index (κ3) is 2.30. The molecule has 6 heteroatoms. The average Bonchev–Trinajstić information content (AvgIpc) is 2.66. The summed E-state index contributed by atoms with van der Waals surface area (Å²) in [5.74, 6) is 0.458. The highest BCUT2D eigenvalue weighted by molar-refractivity contribution is 5.85. The normalized spacial score (nSPS) is 18.3. The lowest BCUT2D eigenvalue weighted by molar-refractivity contribution is 0.177. The van der Waals surface area contributed by atoms with E-state index >= 15 is 0 Å². The molecule has 0 bridgehead atoms. The summed E-state index contributed by atoms with van der Waals surface area (Å²) in [4.78, 5) is 10.8. The zero-order valence-corrected chi connectivity index (χ0v) is 9.41. The molecule has 1 saturated heterocycles. The first-order valence-electron chi connectivity index (χ1n) is 4.51. The van der Waals surface area contributed by atoms with Crippen molar-refractivity contribution >= 4 is 18.5 Å². The van der Waals surface area contributed by atoms with Crippen LogP contribution in [0.2, 0.25) is 0 Å². The van der Waals surface area contributed by atoms with Crippen molar-refractivity contribution < 1.29 is 19.4 Å². The van der Waals surface area contributed by atoms with Gasteiger partial charge in [-0.3, -0.25) is 0 Å². The Morgan fingerprint density at radius 1 is 1.56 bits per heavy atom. The molecule has 0 spiro atoms. The Hall–Kier alpha value is -1.62. The van der Waals surface area contributed by atoms with Gasteiger partial charge >= 0.3 is 6.09 Å². The summed E-state index contributed by atoms with van der Waals surface area (Å²) < 4.78 is 9.74. The van der Waals surface area contributed by atoms with Crippen LogP contribution in [0.15, 0.2) is 18.2 Å². The number of benzene rings is 1. The fourth-order valence-electron chi connectivity index (χ4n) is 1.48. The minimum absolute atomic E-state index is 0. The van der Waals surface area contributed by atoms with Crippen LogP contribution in [0.5, 0.6) is 11.5 Å². The van der Waals surface area contributed by atoms with Crippen LogP contribution in [-0.2, 0) is 4.74 Å². The number of aromatic hydroxyl groups is 1. The minimum Gasteiger partial charge on any atom is -0.504 e. The van der Waals surface area contributed by atoms with Gasteiger partial charge in [0, 0.05) is 0 Å². The predicted molar refractivity (Wildman–Crippen MR) is 59.1 cm³/mol. The first-order chi connectivity index (χ1) is 7.20. The highest BCUT2D eigenvalue weighted by Crippen LogP contribution is 2.29. The number of rotatable bonds is 2. The lowest BCUT2D eigenvalue weighted by atomic mass is 10.1. The summed E-state index contributed by atoms with van der Waals surface area (Å²) in [6, 6.07) is 4.75. The van der Waals surface area contributed by atoms with Crippen molar-refractivity contribution in [2.75, 3.05) is 13.7 Å². The van der Waals surface area contributed by atoms with E-state index in [2.05, 4.69) is 5.32 Å². The fraction of sp³-hybridized carbons (Fsp3) is 0.300. The van der Waals surface area contributed by atoms with Crippen LogP contribution in [0, 0.1) is 0 Å². The minimum atomic E-state index is -0.424. The maximum Gasteiger partial charge on any atom is 0.407 e. The van der Waals surface area contributed by atoms with Gasteiger partial charge < -0.3 is 19.9 Å². The number of halogens is 1. The lowest BCUT2D eigenvalue weighted by Gasteiger charge is -2.10. The Morgan fingerprint density at radius 3 is 2.88 bits per heavy atom. The molecular formula is C10H12ClNO4. The highest BCUT2D eigenvalue weighted by atomic mass is 35.5. The quantitative estimate of drug-likeness (QED) is 0.831. The largest absolute Gasteiger partial charge is 0.504 e. The molecule has 88 valence electrons. The van der Waals surface area contributed by atoms with Gasteiger partial charge in [0.2, 0.25) is 0 Å². The first kappa shape index (κ1) is 12.4. The predicted octanol–water partition coefficient (Wildman–Crippen LogP) is 1.60. The van der Waals surface area contributed by atoms with E-state index < -0.39 is 6.09 Å². The van der Waals surface area contributed by atoms with Crippen LogP contribution in [0.3, 0.4) is 0 Å². The lowest BCUT2D eigenvalue weighted by Crippen LogP contribution is -2.18. The molecule has 1 aromatic rings. The number of phenols is 1. The van der Waals surface area contributed by atoms with Crippen molar-refractivity contribution in [2.24, 2.45) is 0 Å². The zero-order valence-electron chi connectivity index (χ0n) is 8.60. The van der Waals surface area contributed by atoms with E-state index in [1.807, 2.05) is 0 Å². The molecule has 1 amide bonds. The van der Waals surface area contributed by atoms with Crippen LogP contribution in [-0.4, -0.2) is 24.9 Å². The number of phenolic OH excluding ortho intramolecular Hbond substituents is 1. The molecule has 0 aromatic heterocycles. The summed E-state index contributed by atoms with van der Waals surface area (Å²) in [5.41, 5.74) is 0.843. The maximum absolute atomic E-state index is 10.8. The van der Waals surface area contributed by atoms with E-state index in [0.29, 0.717) is 12.4 Å². The molecule has 5 nitrogen and oxygen atoms in total. The third-order valence-corrected chi connectivity index (χ3v) is 2.28. The standard InChI is InChI=1S/C10H11NO4.ClH/c1-14-9-4-6(2-3-8(9)12)7-5-15-10(13)11-7;/h2-4,7,12H,5H2,1H3,(H,11,13);1H/t7-;/m0./s1. The second kappa shape index (κ2) is 4.94. The summed E-state index contributed by atoms with van der Waals surface area (Å²) in [7, 11) is 1.47. The van der Waals surface area contributed by atoms with Gasteiger partial charge in [-0.25, -0.2) is 4.79 Å². The highest BCUT2D eigenvalue weighted by Gasteiger charge is 2.24. The zero-order chi connectivity index (χ0) is 10.8. The van der Waals surface area contributed by atoms with Crippen molar-refractivity contribution in [3.05, 3.63) is 23.8 Å². The smallest absolute Gasteiger partial charge is 0.407 e. The number of cyclic esters (lactones) is 1. The number of nitrogens with one attached hydrogen (secondary N) is 1. The van der Waals surface area contributed by atoms with E-state index in [1.54, 1.807) is 12.1 Å². The average molecular weight is 246 g/mol. The molecule has 0 aliphatic carbocycles. The van der Waals surface area contributed by atoms with Gasteiger partial charge in [-0.15, -0.1) is 12.4 Å². The first-order valence-corrected chi connectivity index (χ1v) is 4.51. The molecular weight excluding hydrogens is 234 g/mol. The van der Waals surface area contributed by atoms with E-state index in [0.717, 1.165) is 5.56 Å². The van der Waals surface area contributed by atoms with E-state index in [4.69, 9.17) is 9.47 Å². The van der Waals surface area contributed by atoms with Crippen molar-refractivity contribution in [1.29, 1.82) is 0 Å². The SMILES string of the molecule is COc1cc([C@@H]2COC(=O)N2)ccc1O.Cl. The van der Waals surface area contributed by atoms with Crippen molar-refractivity contribution in [2.45, 2.75) is 6.04 Å². The number of alkyl carbamates (subject to hydrolysis) is 1. The van der Waals surface area contributed by atoms with Crippen LogP contribution in [0.25, 0.3) is 0 Å². The molecule has 16 heavy (non-hydrogen) atoms. The summed E-state index contributed by atoms with van der Waals surface area (Å²) in [6.45, 7) is 0.298. The molecule has 1 aliphatic rings. The summed E-state index contributed by atoms with van der Waals surface area (Å²) in [6.07, 6.45) is -0.424. The molecule has 1 atom stereocenters. The molecule has 1 aliphatic heterocycles. The van der Waals surface area contributed by atoms with Crippen molar-refractivity contribution in [3.8, 4) is 11.5 Å². The van der Waals surface area contributed by atoms with Crippen LogP contribution in [0.1, 0.15) is 11.6 Å². The van der Waals surface area contributed by atoms with E-state index in [-0.39, 0.29) is 24.2 Å². The Kier molecular flexibility index (Phi) is 3.84. The van der Waals surface area contributed by atoms with Gasteiger partial charge in [0.25, 0.3) is 0 Å². The number of hydrogen-bond acceptors (Lipinski definition) is 4.